The third kappa shape index (κ3) is 4.45. The van der Waals surface area contributed by atoms with Crippen molar-refractivity contribution in [2.75, 3.05) is 56.2 Å². The molecule has 1 unspecified atom stereocenters. The maximum Gasteiger partial charge on any atom is 0.319 e. The van der Waals surface area contributed by atoms with Gasteiger partial charge in [0, 0.05) is 51.2 Å². The molecule has 0 saturated carbocycles. The quantitative estimate of drug-likeness (QED) is 0.616. The summed E-state index contributed by atoms with van der Waals surface area (Å²) in [6.45, 7) is 4.58. The Balaban J connectivity index is 1.67. The van der Waals surface area contributed by atoms with Gasteiger partial charge in [-0.3, -0.25) is 0 Å². The van der Waals surface area contributed by atoms with Crippen LogP contribution in [0.3, 0.4) is 0 Å². The molecule has 1 saturated heterocycles. The Morgan fingerprint density at radius 3 is 2.62 bits per heavy atom. The molecule has 3 aromatic rings. The van der Waals surface area contributed by atoms with Crippen molar-refractivity contribution in [1.82, 2.24) is 29.7 Å². The zero-order chi connectivity index (χ0) is 22.8. The number of nitrogens with two attached hydrogens (primary N) is 1. The summed E-state index contributed by atoms with van der Waals surface area (Å²) in [6, 6.07) is 7.67. The molecule has 11 heteroatoms. The van der Waals surface area contributed by atoms with E-state index in [2.05, 4.69) is 31.2 Å². The van der Waals surface area contributed by atoms with E-state index in [9.17, 15) is 4.79 Å². The number of carbonyl (C=O) groups excluding carboxylic acids is 1. The van der Waals surface area contributed by atoms with Gasteiger partial charge in [0.25, 0.3) is 0 Å². The minimum atomic E-state index is -0.163. The van der Waals surface area contributed by atoms with Gasteiger partial charge in [-0.05, 0) is 19.1 Å². The number of carbonyl (C=O) groups is 1. The fraction of sp³-hybridized carbons (Fsp3) is 0.381. The average Bonchev–Trinajstić information content (AvgIpc) is 2.78. The van der Waals surface area contributed by atoms with Crippen molar-refractivity contribution in [3.8, 4) is 0 Å². The molecule has 0 radical (unpaired) electrons. The van der Waals surface area contributed by atoms with Crippen LogP contribution in [0.25, 0.3) is 10.9 Å². The summed E-state index contributed by atoms with van der Waals surface area (Å²) in [5, 5.41) is 4.83. The lowest BCUT2D eigenvalue weighted by atomic mass is 10.0. The summed E-state index contributed by atoms with van der Waals surface area (Å²) in [7, 11) is 3.53. The largest absolute Gasteiger partial charge is 0.368 e. The van der Waals surface area contributed by atoms with Crippen molar-refractivity contribution in [3.05, 3.63) is 41.2 Å². The Labute approximate surface area is 191 Å². The number of rotatable bonds is 4. The number of piperazine rings is 1. The van der Waals surface area contributed by atoms with Crippen LogP contribution in [0.2, 0.25) is 5.02 Å². The van der Waals surface area contributed by atoms with Crippen molar-refractivity contribution in [3.63, 3.8) is 0 Å². The number of nitrogen functional groups attached to an aromatic ring is 1. The predicted octanol–water partition coefficient (Wildman–Crippen LogP) is 2.63. The monoisotopic (exact) mass is 455 g/mol. The number of urea groups is 1. The molecule has 1 atom stereocenters. The number of anilines is 3. The Morgan fingerprint density at radius 1 is 1.19 bits per heavy atom. The van der Waals surface area contributed by atoms with Gasteiger partial charge in [-0.1, -0.05) is 23.7 Å². The molecule has 3 heterocycles. The molecule has 2 amide bonds. The molecule has 1 aromatic carbocycles. The maximum absolute atomic E-state index is 12.3. The van der Waals surface area contributed by atoms with Crippen molar-refractivity contribution < 1.29 is 4.79 Å². The van der Waals surface area contributed by atoms with Crippen LogP contribution in [-0.4, -0.2) is 76.0 Å². The summed E-state index contributed by atoms with van der Waals surface area (Å²) in [4.78, 5) is 35.0. The number of pyridine rings is 1. The molecule has 0 bridgehead atoms. The second kappa shape index (κ2) is 8.99. The van der Waals surface area contributed by atoms with Crippen LogP contribution >= 0.6 is 11.6 Å². The van der Waals surface area contributed by atoms with Gasteiger partial charge in [0.1, 0.15) is 12.1 Å². The molecule has 0 spiro atoms. The molecular formula is C21H26ClN9O. The van der Waals surface area contributed by atoms with Gasteiger partial charge in [-0.15, -0.1) is 0 Å². The number of fused-ring (bicyclic) bond motifs is 1. The Kier molecular flexibility index (Phi) is 6.13. The fourth-order valence-corrected chi connectivity index (χ4v) is 4.01. The minimum Gasteiger partial charge on any atom is -0.368 e. The Morgan fingerprint density at radius 2 is 1.94 bits per heavy atom. The molecular weight excluding hydrogens is 430 g/mol. The van der Waals surface area contributed by atoms with Gasteiger partial charge in [0.2, 0.25) is 11.9 Å². The third-order valence-electron chi connectivity index (χ3n) is 5.44. The highest BCUT2D eigenvalue weighted by Crippen LogP contribution is 2.33. The summed E-state index contributed by atoms with van der Waals surface area (Å²) in [5.74, 6) is 1.37. The van der Waals surface area contributed by atoms with E-state index in [1.807, 2.05) is 30.0 Å². The number of amides is 2. The molecule has 1 fully saturated rings. The first-order valence-electron chi connectivity index (χ1n) is 10.3. The smallest absolute Gasteiger partial charge is 0.319 e. The number of halogens is 1. The van der Waals surface area contributed by atoms with E-state index in [4.69, 9.17) is 22.3 Å². The zero-order valence-corrected chi connectivity index (χ0v) is 19.0. The standard InChI is InChI=1S/C21H26ClN9O/c1-13(26-20-25-12-24-19(23)28-20)15-11-14-5-4-6-16(22)17(14)27-18(15)30-7-9-31(10-8-30)21(32)29(2)3/h4-6,11-13H,7-10H2,1-3H3,(H3,23,24,25,26,28). The van der Waals surface area contributed by atoms with Crippen LogP contribution in [-0.2, 0) is 0 Å². The van der Waals surface area contributed by atoms with Crippen LogP contribution in [0, 0.1) is 0 Å². The van der Waals surface area contributed by atoms with Crippen molar-refractivity contribution >= 4 is 46.2 Å². The molecule has 4 rings (SSSR count). The van der Waals surface area contributed by atoms with E-state index < -0.39 is 0 Å². The van der Waals surface area contributed by atoms with Crippen LogP contribution in [0.15, 0.2) is 30.6 Å². The van der Waals surface area contributed by atoms with E-state index in [0.29, 0.717) is 37.1 Å². The molecule has 32 heavy (non-hydrogen) atoms. The number of aromatic nitrogens is 4. The molecule has 1 aliphatic heterocycles. The van der Waals surface area contributed by atoms with Gasteiger partial charge in [0.05, 0.1) is 16.6 Å². The van der Waals surface area contributed by atoms with Gasteiger partial charge in [0.15, 0.2) is 0 Å². The van der Waals surface area contributed by atoms with E-state index in [1.165, 1.54) is 6.33 Å². The topological polar surface area (TPSA) is 116 Å². The summed E-state index contributed by atoms with van der Waals surface area (Å²) in [6.07, 6.45) is 1.37. The van der Waals surface area contributed by atoms with Crippen LogP contribution in [0.4, 0.5) is 22.5 Å². The van der Waals surface area contributed by atoms with Gasteiger partial charge in [-0.25, -0.2) is 19.7 Å². The summed E-state index contributed by atoms with van der Waals surface area (Å²) in [5.41, 5.74) is 7.42. The lowest BCUT2D eigenvalue weighted by Crippen LogP contribution is -2.52. The molecule has 0 aliphatic carbocycles. The number of hydrogen-bond acceptors (Lipinski definition) is 8. The third-order valence-corrected chi connectivity index (χ3v) is 5.74. The van der Waals surface area contributed by atoms with Gasteiger partial charge >= 0.3 is 6.03 Å². The first-order chi connectivity index (χ1) is 15.3. The van der Waals surface area contributed by atoms with Gasteiger partial charge in [-0.2, -0.15) is 4.98 Å². The zero-order valence-electron chi connectivity index (χ0n) is 18.3. The second-order valence-electron chi connectivity index (χ2n) is 7.90. The van der Waals surface area contributed by atoms with E-state index in [-0.39, 0.29) is 18.0 Å². The van der Waals surface area contributed by atoms with Crippen molar-refractivity contribution in [1.29, 1.82) is 0 Å². The minimum absolute atomic E-state index is 0.0156. The molecule has 10 nitrogen and oxygen atoms in total. The number of benzene rings is 1. The molecule has 3 N–H and O–H groups in total. The Hall–Kier alpha value is -3.40. The number of hydrogen-bond donors (Lipinski definition) is 2. The first kappa shape index (κ1) is 21.8. The van der Waals surface area contributed by atoms with Crippen molar-refractivity contribution in [2.24, 2.45) is 0 Å². The van der Waals surface area contributed by atoms with Crippen LogP contribution in [0.5, 0.6) is 0 Å². The number of nitrogens with zero attached hydrogens (tertiary/aromatic N) is 7. The van der Waals surface area contributed by atoms with E-state index in [0.717, 1.165) is 22.3 Å². The SMILES string of the molecule is CC(Nc1ncnc(N)n1)c1cc2cccc(Cl)c2nc1N1CCN(C(=O)N(C)C)CC1. The Bertz CT molecular complexity index is 1130. The average molecular weight is 456 g/mol. The fourth-order valence-electron chi connectivity index (χ4n) is 3.78. The first-order valence-corrected chi connectivity index (χ1v) is 10.7. The van der Waals surface area contributed by atoms with Crippen LogP contribution < -0.4 is 16.0 Å². The molecule has 168 valence electrons. The number of para-hydroxylation sites is 1. The molecule has 1 aliphatic rings. The second-order valence-corrected chi connectivity index (χ2v) is 8.30. The van der Waals surface area contributed by atoms with Crippen LogP contribution in [0.1, 0.15) is 18.5 Å². The normalized spacial score (nSPS) is 15.0. The highest BCUT2D eigenvalue weighted by molar-refractivity contribution is 6.35. The highest BCUT2D eigenvalue weighted by atomic mass is 35.5. The lowest BCUT2D eigenvalue weighted by Gasteiger charge is -2.37. The number of nitrogens with one attached hydrogen (secondary N) is 1. The molecule has 2 aromatic heterocycles. The van der Waals surface area contributed by atoms with Crippen molar-refractivity contribution in [2.45, 2.75) is 13.0 Å². The summed E-state index contributed by atoms with van der Waals surface area (Å²) >= 11 is 6.45. The lowest BCUT2D eigenvalue weighted by molar-refractivity contribution is 0.168. The summed E-state index contributed by atoms with van der Waals surface area (Å²) < 4.78 is 0. The maximum atomic E-state index is 12.3. The van der Waals surface area contributed by atoms with E-state index >= 15 is 0 Å². The predicted molar refractivity (Wildman–Crippen MR) is 126 cm³/mol. The van der Waals surface area contributed by atoms with E-state index in [1.54, 1.807) is 19.0 Å². The van der Waals surface area contributed by atoms with Gasteiger partial charge < -0.3 is 25.8 Å². The highest BCUT2D eigenvalue weighted by Gasteiger charge is 2.26.